The van der Waals surface area contributed by atoms with Crippen LogP contribution in [0, 0.1) is 13.8 Å². The quantitative estimate of drug-likeness (QED) is 0.529. The van der Waals surface area contributed by atoms with Crippen LogP contribution in [0.25, 0.3) is 0 Å². The van der Waals surface area contributed by atoms with E-state index in [-0.39, 0.29) is 38.4 Å². The highest BCUT2D eigenvalue weighted by Crippen LogP contribution is 2.37. The van der Waals surface area contributed by atoms with Gasteiger partial charge in [0.2, 0.25) is 15.9 Å². The van der Waals surface area contributed by atoms with Crippen molar-refractivity contribution >= 4 is 21.6 Å². The summed E-state index contributed by atoms with van der Waals surface area (Å²) in [6.45, 7) is 4.21. The van der Waals surface area contributed by atoms with Gasteiger partial charge in [0.15, 0.2) is 0 Å². The summed E-state index contributed by atoms with van der Waals surface area (Å²) >= 11 is 0. The lowest BCUT2D eigenvalue weighted by molar-refractivity contribution is -0.137. The van der Waals surface area contributed by atoms with Crippen molar-refractivity contribution in [1.29, 1.82) is 0 Å². The number of nitrogens with one attached hydrogen (secondary N) is 1. The van der Waals surface area contributed by atoms with Crippen molar-refractivity contribution in [1.82, 2.24) is 5.32 Å². The number of benzene rings is 2. The van der Waals surface area contributed by atoms with Crippen LogP contribution in [0.4, 0.5) is 18.9 Å². The number of sulfonamides is 1. The molecule has 0 aliphatic rings. The second-order valence-corrected chi connectivity index (χ2v) is 9.30. The van der Waals surface area contributed by atoms with E-state index in [2.05, 4.69) is 5.32 Å². The van der Waals surface area contributed by atoms with Crippen molar-refractivity contribution in [2.24, 2.45) is 0 Å². The van der Waals surface area contributed by atoms with Crippen molar-refractivity contribution in [3.05, 3.63) is 59.2 Å². The summed E-state index contributed by atoms with van der Waals surface area (Å²) in [5, 5.41) is 2.65. The molecule has 0 fully saturated rings. The number of rotatable bonds is 10. The Kier molecular flexibility index (Phi) is 8.54. The number of ether oxygens (including phenoxy) is 1. The van der Waals surface area contributed by atoms with Crippen molar-refractivity contribution < 1.29 is 31.1 Å². The molecular weight excluding hydrogens is 445 g/mol. The van der Waals surface area contributed by atoms with Crippen LogP contribution in [-0.4, -0.2) is 40.3 Å². The van der Waals surface area contributed by atoms with Gasteiger partial charge in [0.1, 0.15) is 12.4 Å². The van der Waals surface area contributed by atoms with E-state index in [1.54, 1.807) is 0 Å². The Morgan fingerprint density at radius 1 is 1.09 bits per heavy atom. The summed E-state index contributed by atoms with van der Waals surface area (Å²) in [7, 11) is -3.98. The first-order valence-corrected chi connectivity index (χ1v) is 11.8. The van der Waals surface area contributed by atoms with Crippen molar-refractivity contribution in [2.45, 2.75) is 32.9 Å². The number of hydrogen-bond donors (Lipinski definition) is 1. The van der Waals surface area contributed by atoms with E-state index in [9.17, 15) is 26.4 Å². The number of para-hydroxylation sites is 1. The topological polar surface area (TPSA) is 75.7 Å². The zero-order chi connectivity index (χ0) is 23.9. The maximum Gasteiger partial charge on any atom is 0.418 e. The lowest BCUT2D eigenvalue weighted by Gasteiger charge is -2.25. The number of carbonyl (C=O) groups is 1. The number of aryl methyl sites for hydroxylation is 2. The summed E-state index contributed by atoms with van der Waals surface area (Å²) in [5.41, 5.74) is 0.740. The lowest BCUT2D eigenvalue weighted by atomic mass is 10.1. The van der Waals surface area contributed by atoms with Gasteiger partial charge in [-0.1, -0.05) is 18.2 Å². The van der Waals surface area contributed by atoms with Gasteiger partial charge in [0.25, 0.3) is 0 Å². The summed E-state index contributed by atoms with van der Waals surface area (Å²) < 4.78 is 70.4. The SMILES string of the molecule is Cc1ccc(OCCNC(=O)CCCN(c2ccccc2C(F)(F)F)S(C)(=O)=O)cc1C. The lowest BCUT2D eigenvalue weighted by Crippen LogP contribution is -2.34. The molecule has 0 heterocycles. The van der Waals surface area contributed by atoms with E-state index in [4.69, 9.17) is 4.74 Å². The number of hydrogen-bond acceptors (Lipinski definition) is 4. The standard InChI is InChI=1S/C22H27F3N2O4S/c1-16-10-11-18(15-17(16)2)31-14-12-26-21(28)9-6-13-27(32(3,29)30)20-8-5-4-7-19(20)22(23,24)25/h4-5,7-8,10-11,15H,6,9,12-14H2,1-3H3,(H,26,28). The van der Waals surface area contributed by atoms with E-state index in [1.165, 1.54) is 12.1 Å². The molecule has 2 rings (SSSR count). The van der Waals surface area contributed by atoms with Crippen LogP contribution in [0.2, 0.25) is 0 Å². The van der Waals surface area contributed by atoms with Gasteiger partial charge >= 0.3 is 6.18 Å². The molecule has 0 saturated carbocycles. The molecule has 10 heteroatoms. The molecule has 0 spiro atoms. The van der Waals surface area contributed by atoms with Crippen LogP contribution in [-0.2, 0) is 21.0 Å². The number of alkyl halides is 3. The maximum atomic E-state index is 13.3. The molecule has 0 aromatic heterocycles. The van der Waals surface area contributed by atoms with Crippen molar-refractivity contribution in [3.8, 4) is 5.75 Å². The van der Waals surface area contributed by atoms with Gasteiger partial charge in [0, 0.05) is 13.0 Å². The van der Waals surface area contributed by atoms with Crippen LogP contribution in [0.1, 0.15) is 29.5 Å². The van der Waals surface area contributed by atoms with Crippen molar-refractivity contribution in [3.63, 3.8) is 0 Å². The maximum absolute atomic E-state index is 13.3. The third kappa shape index (κ3) is 7.44. The van der Waals surface area contributed by atoms with E-state index >= 15 is 0 Å². The normalized spacial score (nSPS) is 11.8. The Bertz CT molecular complexity index is 1040. The van der Waals surface area contributed by atoms with Gasteiger partial charge in [-0.3, -0.25) is 9.10 Å². The highest BCUT2D eigenvalue weighted by atomic mass is 32.2. The number of carbonyl (C=O) groups excluding carboxylic acids is 1. The average Bonchev–Trinajstić information content (AvgIpc) is 2.69. The summed E-state index contributed by atoms with van der Waals surface area (Å²) in [6.07, 6.45) is -3.84. The first kappa shape index (κ1) is 25.5. The van der Waals surface area contributed by atoms with E-state index in [0.29, 0.717) is 10.1 Å². The molecular formula is C22H27F3N2O4S. The molecule has 0 aliphatic heterocycles. The van der Waals surface area contributed by atoms with Crippen LogP contribution < -0.4 is 14.4 Å². The van der Waals surface area contributed by atoms with E-state index in [1.807, 2.05) is 32.0 Å². The van der Waals surface area contributed by atoms with Gasteiger partial charge in [-0.15, -0.1) is 0 Å². The Labute approximate surface area is 186 Å². The Balaban J connectivity index is 1.87. The smallest absolute Gasteiger partial charge is 0.418 e. The molecule has 0 bridgehead atoms. The predicted molar refractivity (Wildman–Crippen MR) is 117 cm³/mol. The fourth-order valence-corrected chi connectivity index (χ4v) is 4.01. The predicted octanol–water partition coefficient (Wildman–Crippen LogP) is 4.06. The molecule has 1 N–H and O–H groups in total. The van der Waals surface area contributed by atoms with E-state index < -0.39 is 27.5 Å². The largest absolute Gasteiger partial charge is 0.492 e. The van der Waals surface area contributed by atoms with Gasteiger partial charge in [0.05, 0.1) is 24.1 Å². The Morgan fingerprint density at radius 3 is 2.41 bits per heavy atom. The monoisotopic (exact) mass is 472 g/mol. The fraction of sp³-hybridized carbons (Fsp3) is 0.409. The molecule has 0 aliphatic carbocycles. The minimum Gasteiger partial charge on any atom is -0.492 e. The fourth-order valence-electron chi connectivity index (χ4n) is 3.03. The Hall–Kier alpha value is -2.75. The molecule has 32 heavy (non-hydrogen) atoms. The zero-order valence-corrected chi connectivity index (χ0v) is 19.0. The molecule has 1 amide bonds. The first-order chi connectivity index (χ1) is 14.9. The van der Waals surface area contributed by atoms with Crippen LogP contribution in [0.15, 0.2) is 42.5 Å². The minimum atomic E-state index is -4.70. The van der Waals surface area contributed by atoms with Crippen LogP contribution in [0.3, 0.4) is 0 Å². The van der Waals surface area contributed by atoms with Gasteiger partial charge in [-0.25, -0.2) is 8.42 Å². The van der Waals surface area contributed by atoms with Crippen LogP contribution in [0.5, 0.6) is 5.75 Å². The molecule has 2 aromatic rings. The van der Waals surface area contributed by atoms with Crippen molar-refractivity contribution in [2.75, 3.05) is 30.3 Å². The number of amides is 1. The second-order valence-electron chi connectivity index (χ2n) is 7.40. The number of nitrogens with zero attached hydrogens (tertiary/aromatic N) is 1. The molecule has 0 saturated heterocycles. The number of halogens is 3. The second kappa shape index (κ2) is 10.7. The van der Waals surface area contributed by atoms with Gasteiger partial charge in [-0.2, -0.15) is 13.2 Å². The third-order valence-electron chi connectivity index (χ3n) is 4.81. The molecule has 176 valence electrons. The van der Waals surface area contributed by atoms with Gasteiger partial charge in [-0.05, 0) is 55.7 Å². The molecule has 0 unspecified atom stereocenters. The molecule has 2 aromatic carbocycles. The first-order valence-electron chi connectivity index (χ1n) is 10.0. The molecule has 0 radical (unpaired) electrons. The minimum absolute atomic E-state index is 0.0379. The van der Waals surface area contributed by atoms with E-state index in [0.717, 1.165) is 29.5 Å². The highest BCUT2D eigenvalue weighted by molar-refractivity contribution is 7.92. The number of anilines is 1. The third-order valence-corrected chi connectivity index (χ3v) is 5.99. The average molecular weight is 473 g/mol. The molecule has 0 atom stereocenters. The molecule has 6 nitrogen and oxygen atoms in total. The summed E-state index contributed by atoms with van der Waals surface area (Å²) in [5.74, 6) is 0.348. The van der Waals surface area contributed by atoms with Gasteiger partial charge < -0.3 is 10.1 Å². The van der Waals surface area contributed by atoms with Crippen LogP contribution >= 0.6 is 0 Å². The Morgan fingerprint density at radius 2 is 1.78 bits per heavy atom. The summed E-state index contributed by atoms with van der Waals surface area (Å²) in [4.78, 5) is 12.0. The summed E-state index contributed by atoms with van der Waals surface area (Å²) in [6, 6.07) is 10.1. The zero-order valence-electron chi connectivity index (χ0n) is 18.2. The highest BCUT2D eigenvalue weighted by Gasteiger charge is 2.36.